The number of ether oxygens (including phenoxy) is 1. The first kappa shape index (κ1) is 16.2. The van der Waals surface area contributed by atoms with Crippen molar-refractivity contribution in [2.75, 3.05) is 7.11 Å². The van der Waals surface area contributed by atoms with Gasteiger partial charge in [-0.2, -0.15) is 0 Å². The molecule has 0 aliphatic rings. The lowest BCUT2D eigenvalue weighted by Gasteiger charge is -2.15. The average molecular weight is 339 g/mol. The van der Waals surface area contributed by atoms with Crippen LogP contribution >= 0.6 is 0 Å². The van der Waals surface area contributed by atoms with Gasteiger partial charge in [-0.3, -0.25) is 0 Å². The molecule has 1 heterocycles. The second-order valence-electron chi connectivity index (χ2n) is 6.27. The van der Waals surface area contributed by atoms with Crippen LogP contribution in [0.5, 0.6) is 5.75 Å². The van der Waals surface area contributed by atoms with E-state index in [1.54, 1.807) is 7.11 Å². The molecule has 26 heavy (non-hydrogen) atoms. The van der Waals surface area contributed by atoms with E-state index >= 15 is 0 Å². The van der Waals surface area contributed by atoms with Gasteiger partial charge in [0.15, 0.2) is 0 Å². The first-order valence-corrected chi connectivity index (χ1v) is 8.78. The highest BCUT2D eigenvalue weighted by Crippen LogP contribution is 2.30. The monoisotopic (exact) mass is 339 g/mol. The molecule has 0 aliphatic heterocycles. The zero-order chi connectivity index (χ0) is 17.8. The molecule has 0 saturated carbocycles. The van der Waals surface area contributed by atoms with Crippen LogP contribution in [0.1, 0.15) is 5.56 Å². The van der Waals surface area contributed by atoms with E-state index in [1.165, 1.54) is 28.1 Å². The molecule has 0 amide bonds. The molecule has 0 spiro atoms. The minimum atomic E-state index is 0.811. The molecule has 0 saturated heterocycles. The molecule has 0 N–H and O–H groups in total. The molecule has 0 radical (unpaired) electrons. The van der Waals surface area contributed by atoms with E-state index in [2.05, 4.69) is 89.5 Å². The topological polar surface area (TPSA) is 14.2 Å². The Labute approximate surface area is 154 Å². The van der Waals surface area contributed by atoms with Gasteiger partial charge in [0.05, 0.1) is 7.11 Å². The predicted octanol–water partition coefficient (Wildman–Crippen LogP) is 5.88. The second kappa shape index (κ2) is 7.32. The Hall–Kier alpha value is -3.26. The zero-order valence-corrected chi connectivity index (χ0v) is 14.8. The van der Waals surface area contributed by atoms with Crippen LogP contribution < -0.4 is 4.74 Å². The lowest BCUT2D eigenvalue weighted by atomic mass is 10.1. The van der Waals surface area contributed by atoms with Gasteiger partial charge in [-0.15, -0.1) is 0 Å². The fourth-order valence-electron chi connectivity index (χ4n) is 3.27. The number of aromatic nitrogens is 1. The van der Waals surface area contributed by atoms with Gasteiger partial charge < -0.3 is 9.30 Å². The molecular formula is C24H21NO. The van der Waals surface area contributed by atoms with Crippen molar-refractivity contribution in [1.82, 2.24) is 4.57 Å². The minimum absolute atomic E-state index is 0.811. The normalized spacial score (nSPS) is 10.7. The summed E-state index contributed by atoms with van der Waals surface area (Å²) >= 11 is 0. The van der Waals surface area contributed by atoms with E-state index in [0.29, 0.717) is 0 Å². The maximum Gasteiger partial charge on any atom is 0.118 e. The lowest BCUT2D eigenvalue weighted by molar-refractivity contribution is 0.414. The summed E-state index contributed by atoms with van der Waals surface area (Å²) in [6.45, 7) is 0.811. The number of hydrogen-bond donors (Lipinski definition) is 0. The van der Waals surface area contributed by atoms with Crippen LogP contribution in [0.3, 0.4) is 0 Å². The van der Waals surface area contributed by atoms with Crippen LogP contribution in [-0.4, -0.2) is 11.7 Å². The Morgan fingerprint density at radius 2 is 1.12 bits per heavy atom. The molecule has 0 unspecified atom stereocenters. The first-order chi connectivity index (χ1) is 12.8. The van der Waals surface area contributed by atoms with Gasteiger partial charge in [-0.1, -0.05) is 72.8 Å². The zero-order valence-electron chi connectivity index (χ0n) is 14.8. The van der Waals surface area contributed by atoms with Crippen LogP contribution in [0.15, 0.2) is 97.1 Å². The van der Waals surface area contributed by atoms with E-state index in [-0.39, 0.29) is 0 Å². The van der Waals surface area contributed by atoms with Gasteiger partial charge in [0, 0.05) is 17.9 Å². The Bertz CT molecular complexity index is 913. The van der Waals surface area contributed by atoms with Crippen LogP contribution in [0.25, 0.3) is 22.5 Å². The van der Waals surface area contributed by atoms with E-state index in [0.717, 1.165) is 12.3 Å². The molecule has 2 heteroatoms. The van der Waals surface area contributed by atoms with Crippen LogP contribution in [0.2, 0.25) is 0 Å². The van der Waals surface area contributed by atoms with Gasteiger partial charge >= 0.3 is 0 Å². The number of benzene rings is 3. The van der Waals surface area contributed by atoms with Crippen LogP contribution in [0.4, 0.5) is 0 Å². The molecule has 0 atom stereocenters. The van der Waals surface area contributed by atoms with Crippen molar-refractivity contribution in [3.8, 4) is 28.3 Å². The third kappa shape index (κ3) is 3.27. The molecule has 4 aromatic rings. The smallest absolute Gasteiger partial charge is 0.118 e. The summed E-state index contributed by atoms with van der Waals surface area (Å²) in [7, 11) is 1.70. The Kier molecular flexibility index (Phi) is 4.57. The molecule has 4 rings (SSSR count). The Morgan fingerprint density at radius 3 is 1.58 bits per heavy atom. The summed E-state index contributed by atoms with van der Waals surface area (Å²) in [6.07, 6.45) is 0. The SMILES string of the molecule is COc1ccc(Cn2c(-c3ccccc3)ccc2-c2ccccc2)cc1. The van der Waals surface area contributed by atoms with Crippen molar-refractivity contribution in [2.45, 2.75) is 6.54 Å². The first-order valence-electron chi connectivity index (χ1n) is 8.78. The predicted molar refractivity (Wildman–Crippen MR) is 107 cm³/mol. The molecule has 0 bridgehead atoms. The Balaban J connectivity index is 1.79. The number of rotatable bonds is 5. The van der Waals surface area contributed by atoms with Crippen LogP contribution in [-0.2, 0) is 6.54 Å². The van der Waals surface area contributed by atoms with Crippen molar-refractivity contribution < 1.29 is 4.74 Å². The maximum absolute atomic E-state index is 5.28. The maximum atomic E-state index is 5.28. The number of hydrogen-bond acceptors (Lipinski definition) is 1. The standard InChI is InChI=1S/C24H21NO/c1-26-22-14-12-19(13-15-22)18-25-23(20-8-4-2-5-9-20)16-17-24(25)21-10-6-3-7-11-21/h2-17H,18H2,1H3. The van der Waals surface area contributed by atoms with Crippen LogP contribution in [0, 0.1) is 0 Å². The molecule has 128 valence electrons. The fraction of sp³-hybridized carbons (Fsp3) is 0.0833. The molecule has 3 aromatic carbocycles. The average Bonchev–Trinajstić information content (AvgIpc) is 3.13. The third-order valence-corrected chi connectivity index (χ3v) is 4.62. The van der Waals surface area contributed by atoms with Gasteiger partial charge in [0.25, 0.3) is 0 Å². The van der Waals surface area contributed by atoms with Crippen molar-refractivity contribution >= 4 is 0 Å². The highest BCUT2D eigenvalue weighted by Gasteiger charge is 2.12. The summed E-state index contributed by atoms with van der Waals surface area (Å²) in [5, 5.41) is 0. The van der Waals surface area contributed by atoms with E-state index < -0.39 is 0 Å². The summed E-state index contributed by atoms with van der Waals surface area (Å²) < 4.78 is 7.67. The van der Waals surface area contributed by atoms with Gasteiger partial charge in [0.1, 0.15) is 5.75 Å². The molecular weight excluding hydrogens is 318 g/mol. The van der Waals surface area contributed by atoms with Gasteiger partial charge in [-0.25, -0.2) is 0 Å². The van der Waals surface area contributed by atoms with Crippen molar-refractivity contribution in [3.63, 3.8) is 0 Å². The summed E-state index contributed by atoms with van der Waals surface area (Å²) in [5.74, 6) is 0.882. The van der Waals surface area contributed by atoms with Crippen molar-refractivity contribution in [1.29, 1.82) is 0 Å². The van der Waals surface area contributed by atoms with Gasteiger partial charge in [0.2, 0.25) is 0 Å². The highest BCUT2D eigenvalue weighted by molar-refractivity contribution is 5.70. The largest absolute Gasteiger partial charge is 0.497 e. The summed E-state index contributed by atoms with van der Waals surface area (Å²) in [5.41, 5.74) is 6.14. The molecule has 0 fully saturated rings. The molecule has 1 aromatic heterocycles. The van der Waals surface area contributed by atoms with Gasteiger partial charge in [-0.05, 0) is 41.0 Å². The lowest BCUT2D eigenvalue weighted by Crippen LogP contribution is -2.04. The van der Waals surface area contributed by atoms with Crippen molar-refractivity contribution in [2.24, 2.45) is 0 Å². The number of methoxy groups -OCH3 is 1. The fourth-order valence-corrected chi connectivity index (χ4v) is 3.27. The Morgan fingerprint density at radius 1 is 0.615 bits per heavy atom. The highest BCUT2D eigenvalue weighted by atomic mass is 16.5. The summed E-state index contributed by atoms with van der Waals surface area (Å²) in [4.78, 5) is 0. The summed E-state index contributed by atoms with van der Waals surface area (Å²) in [6, 6.07) is 33.8. The van der Waals surface area contributed by atoms with E-state index in [9.17, 15) is 0 Å². The quantitative estimate of drug-likeness (QED) is 0.443. The number of nitrogens with zero attached hydrogens (tertiary/aromatic N) is 1. The molecule has 0 aliphatic carbocycles. The second-order valence-corrected chi connectivity index (χ2v) is 6.27. The minimum Gasteiger partial charge on any atom is -0.497 e. The molecule has 2 nitrogen and oxygen atoms in total. The third-order valence-electron chi connectivity index (χ3n) is 4.62. The van der Waals surface area contributed by atoms with E-state index in [1.807, 2.05) is 12.1 Å². The van der Waals surface area contributed by atoms with Crippen molar-refractivity contribution in [3.05, 3.63) is 103 Å². The van der Waals surface area contributed by atoms with E-state index in [4.69, 9.17) is 4.74 Å².